The van der Waals surface area contributed by atoms with Crippen LogP contribution in [0.15, 0.2) is 59.5 Å². The lowest BCUT2D eigenvalue weighted by molar-refractivity contribution is -0.895. The third-order valence-electron chi connectivity index (χ3n) is 5.25. The molecule has 1 amide bonds. The highest BCUT2D eigenvalue weighted by Crippen LogP contribution is 2.16. The highest BCUT2D eigenvalue weighted by Gasteiger charge is 2.31. The number of amides is 1. The van der Waals surface area contributed by atoms with Gasteiger partial charge in [0.15, 0.2) is 6.54 Å². The first-order chi connectivity index (χ1) is 13.9. The zero-order valence-corrected chi connectivity index (χ0v) is 17.3. The molecule has 2 N–H and O–H groups in total. The van der Waals surface area contributed by atoms with E-state index in [1.54, 1.807) is 0 Å². The predicted octanol–water partition coefficient (Wildman–Crippen LogP) is 0.635. The lowest BCUT2D eigenvalue weighted by Crippen LogP contribution is -3.15. The van der Waals surface area contributed by atoms with Crippen LogP contribution in [0, 0.1) is 5.82 Å². The number of nitrogens with one attached hydrogen (secondary N) is 2. The minimum atomic E-state index is -3.71. The van der Waals surface area contributed by atoms with Gasteiger partial charge in [-0.3, -0.25) is 4.79 Å². The largest absolute Gasteiger partial charge is 0.351 e. The molecule has 3 rings (SSSR count). The van der Waals surface area contributed by atoms with E-state index in [1.165, 1.54) is 28.1 Å². The van der Waals surface area contributed by atoms with Gasteiger partial charge >= 0.3 is 0 Å². The molecule has 0 unspecified atom stereocenters. The standard InChI is InChI=1S/C21H26FN3O3S/c1-17(18-6-3-2-4-7-18)15-23-21(26)16-24-10-12-25(13-11-24)29(27,28)20-9-5-8-19(22)14-20/h2-9,14,17H,10-13,15-16H2,1H3,(H,23,26)/p+1/t17-/m0/s1. The summed E-state index contributed by atoms with van der Waals surface area (Å²) in [6.45, 7) is 4.64. The van der Waals surface area contributed by atoms with Crippen molar-refractivity contribution in [2.24, 2.45) is 0 Å². The zero-order chi connectivity index (χ0) is 20.9. The van der Waals surface area contributed by atoms with Gasteiger partial charge in [-0.1, -0.05) is 43.3 Å². The Kier molecular flexibility index (Phi) is 7.00. The van der Waals surface area contributed by atoms with Crippen LogP contribution in [0.25, 0.3) is 0 Å². The number of carbonyl (C=O) groups is 1. The molecule has 0 saturated carbocycles. The number of benzene rings is 2. The minimum Gasteiger partial charge on any atom is -0.351 e. The first kappa shape index (κ1) is 21.4. The van der Waals surface area contributed by atoms with Crippen LogP contribution in [0.2, 0.25) is 0 Å². The van der Waals surface area contributed by atoms with E-state index in [1.807, 2.05) is 30.3 Å². The van der Waals surface area contributed by atoms with Crippen molar-refractivity contribution in [1.29, 1.82) is 0 Å². The Morgan fingerprint density at radius 2 is 1.83 bits per heavy atom. The maximum atomic E-state index is 13.4. The number of hydrogen-bond acceptors (Lipinski definition) is 3. The second-order valence-corrected chi connectivity index (χ2v) is 9.34. The average Bonchev–Trinajstić information content (AvgIpc) is 2.73. The SMILES string of the molecule is C[C@@H](CNC(=O)C[NH+]1CCN(S(=O)(=O)c2cccc(F)c2)CC1)c1ccccc1. The molecule has 2 aromatic rings. The second-order valence-electron chi connectivity index (χ2n) is 7.40. The quantitative estimate of drug-likeness (QED) is 0.691. The van der Waals surface area contributed by atoms with Crippen LogP contribution < -0.4 is 10.2 Å². The summed E-state index contributed by atoms with van der Waals surface area (Å²) in [7, 11) is -3.71. The van der Waals surface area contributed by atoms with Crippen molar-refractivity contribution in [3.05, 3.63) is 66.0 Å². The number of halogens is 1. The highest BCUT2D eigenvalue weighted by molar-refractivity contribution is 7.89. The van der Waals surface area contributed by atoms with Gasteiger partial charge < -0.3 is 10.2 Å². The molecule has 1 fully saturated rings. The predicted molar refractivity (Wildman–Crippen MR) is 109 cm³/mol. The molecule has 156 valence electrons. The van der Waals surface area contributed by atoms with Gasteiger partial charge in [0.2, 0.25) is 10.0 Å². The van der Waals surface area contributed by atoms with Crippen LogP contribution in [-0.4, -0.2) is 57.9 Å². The first-order valence-electron chi connectivity index (χ1n) is 9.77. The third-order valence-corrected chi connectivity index (χ3v) is 7.14. The normalized spacial score (nSPS) is 17.0. The van der Waals surface area contributed by atoms with E-state index < -0.39 is 15.8 Å². The average molecular weight is 421 g/mol. The Balaban J connectivity index is 1.46. The van der Waals surface area contributed by atoms with Crippen LogP contribution >= 0.6 is 0 Å². The third kappa shape index (κ3) is 5.62. The Hall–Kier alpha value is -2.29. The van der Waals surface area contributed by atoms with E-state index >= 15 is 0 Å². The molecule has 0 bridgehead atoms. The number of sulfonamides is 1. The molecule has 6 nitrogen and oxygen atoms in total. The highest BCUT2D eigenvalue weighted by atomic mass is 32.2. The van der Waals surface area contributed by atoms with Gasteiger partial charge in [0.25, 0.3) is 5.91 Å². The molecule has 0 aromatic heterocycles. The fourth-order valence-corrected chi connectivity index (χ4v) is 4.93. The van der Waals surface area contributed by atoms with Crippen molar-refractivity contribution in [3.8, 4) is 0 Å². The summed E-state index contributed by atoms with van der Waals surface area (Å²) in [6.07, 6.45) is 0. The molecule has 8 heteroatoms. The smallest absolute Gasteiger partial charge is 0.275 e. The van der Waals surface area contributed by atoms with Gasteiger partial charge in [0, 0.05) is 6.54 Å². The number of carbonyl (C=O) groups excluding carboxylic acids is 1. The van der Waals surface area contributed by atoms with E-state index in [9.17, 15) is 17.6 Å². The van der Waals surface area contributed by atoms with E-state index in [4.69, 9.17) is 0 Å². The Morgan fingerprint density at radius 1 is 1.14 bits per heavy atom. The van der Waals surface area contributed by atoms with E-state index in [0.29, 0.717) is 39.3 Å². The molecule has 0 spiro atoms. The molecule has 1 heterocycles. The Bertz CT molecular complexity index is 929. The summed E-state index contributed by atoms with van der Waals surface area (Å²) >= 11 is 0. The number of nitrogens with zero attached hydrogens (tertiary/aromatic N) is 1. The molecule has 1 atom stereocenters. The zero-order valence-electron chi connectivity index (χ0n) is 16.5. The summed E-state index contributed by atoms with van der Waals surface area (Å²) in [4.78, 5) is 13.3. The van der Waals surface area contributed by atoms with Crippen molar-refractivity contribution in [2.45, 2.75) is 17.7 Å². The topological polar surface area (TPSA) is 70.9 Å². The van der Waals surface area contributed by atoms with Gasteiger partial charge in [-0.2, -0.15) is 4.31 Å². The fraction of sp³-hybridized carbons (Fsp3) is 0.381. The van der Waals surface area contributed by atoms with Crippen LogP contribution in [0.1, 0.15) is 18.4 Å². The molecule has 29 heavy (non-hydrogen) atoms. The lowest BCUT2D eigenvalue weighted by atomic mass is 10.0. The van der Waals surface area contributed by atoms with Crippen LogP contribution in [0.5, 0.6) is 0 Å². The molecule has 1 aliphatic heterocycles. The first-order valence-corrected chi connectivity index (χ1v) is 11.2. The number of quaternary nitrogens is 1. The summed E-state index contributed by atoms with van der Waals surface area (Å²) in [5, 5.41) is 2.97. The summed E-state index contributed by atoms with van der Waals surface area (Å²) < 4.78 is 40.0. The fourth-order valence-electron chi connectivity index (χ4n) is 3.45. The maximum Gasteiger partial charge on any atom is 0.275 e. The molecule has 0 radical (unpaired) electrons. The van der Waals surface area contributed by atoms with Gasteiger partial charge in [0.05, 0.1) is 31.1 Å². The van der Waals surface area contributed by atoms with E-state index in [-0.39, 0.29) is 16.7 Å². The van der Waals surface area contributed by atoms with Gasteiger partial charge in [-0.05, 0) is 29.7 Å². The maximum absolute atomic E-state index is 13.4. The summed E-state index contributed by atoms with van der Waals surface area (Å²) in [5.74, 6) is -0.385. The number of piperazine rings is 1. The Morgan fingerprint density at radius 3 is 2.48 bits per heavy atom. The van der Waals surface area contributed by atoms with Crippen molar-refractivity contribution < 1.29 is 22.5 Å². The summed E-state index contributed by atoms with van der Waals surface area (Å²) in [6, 6.07) is 15.1. The van der Waals surface area contributed by atoms with E-state index in [0.717, 1.165) is 11.0 Å². The minimum absolute atomic E-state index is 0.0337. The van der Waals surface area contributed by atoms with Crippen LogP contribution in [-0.2, 0) is 14.8 Å². The number of hydrogen-bond donors (Lipinski definition) is 2. The lowest BCUT2D eigenvalue weighted by Gasteiger charge is -2.31. The Labute approximate surface area is 171 Å². The molecule has 1 aliphatic rings. The monoisotopic (exact) mass is 420 g/mol. The van der Waals surface area contributed by atoms with Crippen LogP contribution in [0.3, 0.4) is 0 Å². The van der Waals surface area contributed by atoms with Crippen LogP contribution in [0.4, 0.5) is 4.39 Å². The second kappa shape index (κ2) is 9.47. The molecular weight excluding hydrogens is 393 g/mol. The number of rotatable bonds is 7. The molecule has 0 aliphatic carbocycles. The van der Waals surface area contributed by atoms with Crippen molar-refractivity contribution in [3.63, 3.8) is 0 Å². The summed E-state index contributed by atoms with van der Waals surface area (Å²) in [5.41, 5.74) is 1.18. The van der Waals surface area contributed by atoms with E-state index in [2.05, 4.69) is 12.2 Å². The van der Waals surface area contributed by atoms with Gasteiger partial charge in [0.1, 0.15) is 5.82 Å². The molecular formula is C21H27FN3O3S+. The van der Waals surface area contributed by atoms with Crippen molar-refractivity contribution in [2.75, 3.05) is 39.3 Å². The van der Waals surface area contributed by atoms with Crippen molar-refractivity contribution >= 4 is 15.9 Å². The molecule has 2 aromatic carbocycles. The van der Waals surface area contributed by atoms with Gasteiger partial charge in [-0.15, -0.1) is 0 Å². The van der Waals surface area contributed by atoms with Crippen molar-refractivity contribution in [1.82, 2.24) is 9.62 Å². The molecule has 1 saturated heterocycles. The van der Waals surface area contributed by atoms with Gasteiger partial charge in [-0.25, -0.2) is 12.8 Å².